The van der Waals surface area contributed by atoms with Gasteiger partial charge in [0.15, 0.2) is 0 Å². The van der Waals surface area contributed by atoms with Crippen molar-refractivity contribution in [3.8, 4) is 0 Å². The number of hydrogen-bond acceptors (Lipinski definition) is 1. The lowest BCUT2D eigenvalue weighted by molar-refractivity contribution is 0.624. The molecule has 0 radical (unpaired) electrons. The zero-order chi connectivity index (χ0) is 11.5. The summed E-state index contributed by atoms with van der Waals surface area (Å²) in [6, 6.07) is 8.55. The monoisotopic (exact) mass is 216 g/mol. The second-order valence-electron chi connectivity index (χ2n) is 4.43. The van der Waals surface area contributed by atoms with Gasteiger partial charge in [0.05, 0.1) is 0 Å². The van der Waals surface area contributed by atoms with Crippen LogP contribution in [0.25, 0.3) is 10.9 Å². The second-order valence-corrected chi connectivity index (χ2v) is 4.43. The Labute approximate surface area is 97.1 Å². The summed E-state index contributed by atoms with van der Waals surface area (Å²) < 4.78 is 2.20. The van der Waals surface area contributed by atoms with Crippen molar-refractivity contribution in [2.75, 3.05) is 6.54 Å². The molecule has 0 saturated heterocycles. The Balaban J connectivity index is 2.51. The van der Waals surface area contributed by atoms with E-state index in [9.17, 15) is 0 Å². The maximum absolute atomic E-state index is 5.88. The van der Waals surface area contributed by atoms with Gasteiger partial charge in [-0.3, -0.25) is 0 Å². The normalized spacial score (nSPS) is 13.2. The van der Waals surface area contributed by atoms with Gasteiger partial charge in [-0.05, 0) is 30.5 Å². The molecule has 0 spiro atoms. The summed E-state index contributed by atoms with van der Waals surface area (Å²) in [5, 5.41) is 1.36. The largest absolute Gasteiger partial charge is 0.350 e. The molecule has 1 atom stereocenters. The molecule has 1 unspecified atom stereocenters. The Kier molecular flexibility index (Phi) is 3.30. The molecule has 0 amide bonds. The summed E-state index contributed by atoms with van der Waals surface area (Å²) in [5.41, 5.74) is 8.59. The van der Waals surface area contributed by atoms with E-state index >= 15 is 0 Å². The Morgan fingerprint density at radius 3 is 2.75 bits per heavy atom. The molecule has 2 heteroatoms. The molecule has 0 bridgehead atoms. The summed E-state index contributed by atoms with van der Waals surface area (Å²) in [5.74, 6) is 0.496. The first-order chi connectivity index (χ1) is 7.77. The highest BCUT2D eigenvalue weighted by Crippen LogP contribution is 2.29. The van der Waals surface area contributed by atoms with Crippen LogP contribution < -0.4 is 5.73 Å². The van der Waals surface area contributed by atoms with E-state index in [1.165, 1.54) is 29.3 Å². The lowest BCUT2D eigenvalue weighted by atomic mass is 9.94. The fourth-order valence-corrected chi connectivity index (χ4v) is 2.45. The molecule has 2 nitrogen and oxygen atoms in total. The minimum Gasteiger partial charge on any atom is -0.350 e. The molecule has 0 saturated carbocycles. The highest BCUT2D eigenvalue weighted by atomic mass is 14.9. The fraction of sp³-hybridized carbons (Fsp3) is 0.429. The maximum atomic E-state index is 5.88. The quantitative estimate of drug-likeness (QED) is 0.836. The van der Waals surface area contributed by atoms with Crippen molar-refractivity contribution in [1.82, 2.24) is 4.57 Å². The highest BCUT2D eigenvalue weighted by Gasteiger charge is 2.14. The van der Waals surface area contributed by atoms with Crippen LogP contribution in [0.15, 0.2) is 30.5 Å². The summed E-state index contributed by atoms with van der Waals surface area (Å²) in [4.78, 5) is 0. The molecule has 86 valence electrons. The Bertz CT molecular complexity index is 471. The molecule has 2 rings (SSSR count). The molecule has 1 heterocycles. The van der Waals surface area contributed by atoms with Gasteiger partial charge in [0.25, 0.3) is 0 Å². The van der Waals surface area contributed by atoms with Gasteiger partial charge in [-0.1, -0.05) is 31.5 Å². The molecule has 1 aromatic heterocycles. The van der Waals surface area contributed by atoms with E-state index in [0.29, 0.717) is 5.92 Å². The molecule has 2 aromatic rings. The fourth-order valence-electron chi connectivity index (χ4n) is 2.45. The van der Waals surface area contributed by atoms with Gasteiger partial charge in [-0.15, -0.1) is 0 Å². The molecular weight excluding hydrogens is 196 g/mol. The smallest absolute Gasteiger partial charge is 0.0480 e. The zero-order valence-corrected chi connectivity index (χ0v) is 10.1. The first-order valence-corrected chi connectivity index (χ1v) is 6.02. The van der Waals surface area contributed by atoms with Crippen LogP contribution in [0.5, 0.6) is 0 Å². The Morgan fingerprint density at radius 2 is 2.06 bits per heavy atom. The molecule has 0 fully saturated rings. The highest BCUT2D eigenvalue weighted by molar-refractivity contribution is 5.84. The average molecular weight is 216 g/mol. The predicted octanol–water partition coefficient (Wildman–Crippen LogP) is 3.02. The van der Waals surface area contributed by atoms with Crippen molar-refractivity contribution in [3.63, 3.8) is 0 Å². The number of para-hydroxylation sites is 1. The second kappa shape index (κ2) is 4.71. The van der Waals surface area contributed by atoms with Crippen LogP contribution in [0.3, 0.4) is 0 Å². The number of aryl methyl sites for hydroxylation is 1. The standard InChI is InChI=1S/C14H20N2/c1-3-6-11(9-15)13-10-16(2)14-8-5-4-7-12(13)14/h4-5,7-8,10-11H,3,6,9,15H2,1-2H3. The van der Waals surface area contributed by atoms with Gasteiger partial charge in [0.1, 0.15) is 0 Å². The third-order valence-corrected chi connectivity index (χ3v) is 3.29. The topological polar surface area (TPSA) is 30.9 Å². The van der Waals surface area contributed by atoms with Crippen molar-refractivity contribution in [2.45, 2.75) is 25.7 Å². The lowest BCUT2D eigenvalue weighted by Crippen LogP contribution is -2.11. The minimum absolute atomic E-state index is 0.496. The van der Waals surface area contributed by atoms with E-state index in [0.717, 1.165) is 6.54 Å². The Hall–Kier alpha value is -1.28. The number of benzene rings is 1. The number of nitrogens with zero attached hydrogens (tertiary/aromatic N) is 1. The Morgan fingerprint density at radius 1 is 1.31 bits per heavy atom. The van der Waals surface area contributed by atoms with E-state index in [4.69, 9.17) is 5.73 Å². The van der Waals surface area contributed by atoms with Gasteiger partial charge >= 0.3 is 0 Å². The van der Waals surface area contributed by atoms with Crippen LogP contribution in [0.4, 0.5) is 0 Å². The van der Waals surface area contributed by atoms with E-state index in [-0.39, 0.29) is 0 Å². The molecule has 0 aliphatic carbocycles. The molecular formula is C14H20N2. The number of hydrogen-bond donors (Lipinski definition) is 1. The first kappa shape index (κ1) is 11.2. The van der Waals surface area contributed by atoms with E-state index in [2.05, 4.69) is 49.0 Å². The van der Waals surface area contributed by atoms with Crippen molar-refractivity contribution in [3.05, 3.63) is 36.0 Å². The summed E-state index contributed by atoms with van der Waals surface area (Å²) in [7, 11) is 2.10. The first-order valence-electron chi connectivity index (χ1n) is 6.02. The number of fused-ring (bicyclic) bond motifs is 1. The van der Waals surface area contributed by atoms with Gasteiger partial charge in [-0.2, -0.15) is 0 Å². The average Bonchev–Trinajstić information content (AvgIpc) is 2.65. The predicted molar refractivity (Wildman–Crippen MR) is 69.6 cm³/mol. The molecule has 16 heavy (non-hydrogen) atoms. The molecule has 0 aliphatic heterocycles. The molecule has 2 N–H and O–H groups in total. The minimum atomic E-state index is 0.496. The summed E-state index contributed by atoms with van der Waals surface area (Å²) in [6.45, 7) is 2.95. The maximum Gasteiger partial charge on any atom is 0.0480 e. The van der Waals surface area contributed by atoms with Gasteiger partial charge < -0.3 is 10.3 Å². The number of rotatable bonds is 4. The third kappa shape index (κ3) is 1.85. The summed E-state index contributed by atoms with van der Waals surface area (Å²) in [6.07, 6.45) is 4.59. The van der Waals surface area contributed by atoms with Gasteiger partial charge in [0.2, 0.25) is 0 Å². The van der Waals surface area contributed by atoms with Crippen LogP contribution in [-0.2, 0) is 7.05 Å². The van der Waals surface area contributed by atoms with Gasteiger partial charge in [0, 0.05) is 24.1 Å². The number of nitrogens with two attached hydrogens (primary N) is 1. The van der Waals surface area contributed by atoms with Crippen LogP contribution in [-0.4, -0.2) is 11.1 Å². The number of aromatic nitrogens is 1. The van der Waals surface area contributed by atoms with Crippen LogP contribution in [0.2, 0.25) is 0 Å². The van der Waals surface area contributed by atoms with E-state index in [1.807, 2.05) is 0 Å². The SMILES string of the molecule is CCCC(CN)c1cn(C)c2ccccc12. The van der Waals surface area contributed by atoms with Crippen LogP contribution in [0.1, 0.15) is 31.2 Å². The van der Waals surface area contributed by atoms with Crippen molar-refractivity contribution in [1.29, 1.82) is 0 Å². The summed E-state index contributed by atoms with van der Waals surface area (Å²) >= 11 is 0. The molecule has 1 aromatic carbocycles. The van der Waals surface area contributed by atoms with Crippen molar-refractivity contribution >= 4 is 10.9 Å². The van der Waals surface area contributed by atoms with Crippen LogP contribution >= 0.6 is 0 Å². The molecule has 0 aliphatic rings. The lowest BCUT2D eigenvalue weighted by Gasteiger charge is -2.12. The van der Waals surface area contributed by atoms with Gasteiger partial charge in [-0.25, -0.2) is 0 Å². The van der Waals surface area contributed by atoms with Crippen molar-refractivity contribution < 1.29 is 0 Å². The van der Waals surface area contributed by atoms with E-state index in [1.54, 1.807) is 0 Å². The van der Waals surface area contributed by atoms with E-state index < -0.39 is 0 Å². The third-order valence-electron chi connectivity index (χ3n) is 3.29. The van der Waals surface area contributed by atoms with Crippen LogP contribution in [0, 0.1) is 0 Å². The zero-order valence-electron chi connectivity index (χ0n) is 10.1. The van der Waals surface area contributed by atoms with Crippen molar-refractivity contribution in [2.24, 2.45) is 12.8 Å².